The van der Waals surface area contributed by atoms with E-state index in [9.17, 15) is 0 Å². The Kier molecular flexibility index (Phi) is 4.83. The molecule has 0 aliphatic carbocycles. The van der Waals surface area contributed by atoms with Crippen LogP contribution < -0.4 is 15.8 Å². The van der Waals surface area contributed by atoms with Crippen molar-refractivity contribution in [2.45, 2.75) is 26.4 Å². The molecule has 3 N–H and O–H groups in total. The summed E-state index contributed by atoms with van der Waals surface area (Å²) >= 11 is 8.42. The monoisotopic (exact) mass is 417 g/mol. The van der Waals surface area contributed by atoms with Crippen LogP contribution in [0.4, 0.5) is 17.2 Å². The molecule has 0 fully saturated rings. The summed E-state index contributed by atoms with van der Waals surface area (Å²) in [6.07, 6.45) is 0. The first-order chi connectivity index (χ1) is 9.74. The van der Waals surface area contributed by atoms with Gasteiger partial charge in [-0.15, -0.1) is 0 Å². The molecule has 0 unspecified atom stereocenters. The van der Waals surface area contributed by atoms with Gasteiger partial charge in [-0.2, -0.15) is 4.98 Å². The van der Waals surface area contributed by atoms with Crippen LogP contribution in [0.2, 0.25) is 5.02 Å². The minimum Gasteiger partial charge on any atom is -0.470 e. The average molecular weight is 418 g/mol. The second kappa shape index (κ2) is 6.27. The quantitative estimate of drug-likeness (QED) is 0.701. The van der Waals surface area contributed by atoms with Gasteiger partial charge in [0.15, 0.2) is 0 Å². The topological polar surface area (TPSA) is 60.2 Å². The normalized spacial score (nSPS) is 11.3. The third-order valence-electron chi connectivity index (χ3n) is 2.49. The van der Waals surface area contributed by atoms with Crippen LogP contribution in [-0.4, -0.2) is 10.6 Å². The van der Waals surface area contributed by atoms with Crippen molar-refractivity contribution in [3.63, 3.8) is 0 Å². The molecule has 1 aromatic heterocycles. The lowest BCUT2D eigenvalue weighted by molar-refractivity contribution is 0.125. The summed E-state index contributed by atoms with van der Waals surface area (Å²) in [5.41, 5.74) is 6.83. The zero-order valence-electron chi connectivity index (χ0n) is 12.1. The second-order valence-corrected chi connectivity index (χ2v) is 7.21. The van der Waals surface area contributed by atoms with E-state index in [4.69, 9.17) is 22.1 Å². The van der Waals surface area contributed by atoms with Gasteiger partial charge in [0, 0.05) is 3.57 Å². The Morgan fingerprint density at radius 1 is 1.24 bits per heavy atom. The van der Waals surface area contributed by atoms with E-state index < -0.39 is 0 Å². The number of aromatic nitrogens is 1. The summed E-state index contributed by atoms with van der Waals surface area (Å²) in [7, 11) is 0. The highest BCUT2D eigenvalue weighted by Crippen LogP contribution is 2.29. The van der Waals surface area contributed by atoms with Gasteiger partial charge in [0.1, 0.15) is 11.4 Å². The van der Waals surface area contributed by atoms with Crippen LogP contribution in [0.25, 0.3) is 0 Å². The SMILES string of the molecule is CC(C)(C)Oc1nc(Nc2ccc(I)cc2Cl)ccc1N. The van der Waals surface area contributed by atoms with Crippen molar-refractivity contribution in [3.05, 3.63) is 38.9 Å². The minimum atomic E-state index is -0.361. The largest absolute Gasteiger partial charge is 0.470 e. The molecule has 1 aromatic carbocycles. The summed E-state index contributed by atoms with van der Waals surface area (Å²) in [5, 5.41) is 3.81. The lowest BCUT2D eigenvalue weighted by Gasteiger charge is -2.21. The van der Waals surface area contributed by atoms with E-state index in [0.717, 1.165) is 9.26 Å². The van der Waals surface area contributed by atoms with Crippen molar-refractivity contribution in [2.75, 3.05) is 11.1 Å². The first-order valence-corrected chi connectivity index (χ1v) is 7.88. The van der Waals surface area contributed by atoms with Gasteiger partial charge < -0.3 is 15.8 Å². The maximum atomic E-state index is 6.21. The van der Waals surface area contributed by atoms with Crippen LogP contribution in [0.15, 0.2) is 30.3 Å². The van der Waals surface area contributed by atoms with Crippen LogP contribution in [-0.2, 0) is 0 Å². The van der Waals surface area contributed by atoms with Crippen LogP contribution in [0.3, 0.4) is 0 Å². The highest BCUT2D eigenvalue weighted by atomic mass is 127. The minimum absolute atomic E-state index is 0.361. The van der Waals surface area contributed by atoms with E-state index in [-0.39, 0.29) is 5.60 Å². The van der Waals surface area contributed by atoms with Gasteiger partial charge in [0.05, 0.1) is 16.4 Å². The number of nitrogens with zero attached hydrogens (tertiary/aromatic N) is 1. The predicted molar refractivity (Wildman–Crippen MR) is 96.5 cm³/mol. The van der Waals surface area contributed by atoms with Crippen molar-refractivity contribution >= 4 is 51.4 Å². The fourth-order valence-corrected chi connectivity index (χ4v) is 2.52. The molecule has 4 nitrogen and oxygen atoms in total. The summed E-state index contributed by atoms with van der Waals surface area (Å²) in [5.74, 6) is 1.04. The first-order valence-electron chi connectivity index (χ1n) is 6.42. The Morgan fingerprint density at radius 2 is 1.95 bits per heavy atom. The van der Waals surface area contributed by atoms with Gasteiger partial charge in [0.25, 0.3) is 0 Å². The number of nitrogen functional groups attached to an aromatic ring is 1. The van der Waals surface area contributed by atoms with Crippen molar-refractivity contribution < 1.29 is 4.74 Å². The number of nitrogens with one attached hydrogen (secondary N) is 1. The summed E-state index contributed by atoms with van der Waals surface area (Å²) < 4.78 is 6.82. The molecule has 112 valence electrons. The lowest BCUT2D eigenvalue weighted by atomic mass is 10.2. The van der Waals surface area contributed by atoms with E-state index in [1.807, 2.05) is 39.0 Å². The van der Waals surface area contributed by atoms with Gasteiger partial charge in [-0.25, -0.2) is 0 Å². The molecular weight excluding hydrogens is 401 g/mol. The molecule has 0 amide bonds. The Hall–Kier alpha value is -1.21. The number of hydrogen-bond donors (Lipinski definition) is 2. The first kappa shape index (κ1) is 16.2. The Labute approximate surface area is 143 Å². The molecule has 0 aliphatic rings. The fourth-order valence-electron chi connectivity index (χ4n) is 1.62. The van der Waals surface area contributed by atoms with Crippen LogP contribution in [0, 0.1) is 3.57 Å². The van der Waals surface area contributed by atoms with Crippen molar-refractivity contribution in [1.82, 2.24) is 4.98 Å². The number of benzene rings is 1. The third-order valence-corrected chi connectivity index (χ3v) is 3.47. The zero-order valence-corrected chi connectivity index (χ0v) is 15.0. The van der Waals surface area contributed by atoms with Gasteiger partial charge in [-0.3, -0.25) is 0 Å². The smallest absolute Gasteiger partial charge is 0.239 e. The highest BCUT2D eigenvalue weighted by Gasteiger charge is 2.15. The second-order valence-electron chi connectivity index (χ2n) is 5.55. The number of hydrogen-bond acceptors (Lipinski definition) is 4. The maximum absolute atomic E-state index is 6.21. The Balaban J connectivity index is 2.26. The van der Waals surface area contributed by atoms with Crippen molar-refractivity contribution in [1.29, 1.82) is 0 Å². The fraction of sp³-hybridized carbons (Fsp3) is 0.267. The molecule has 21 heavy (non-hydrogen) atoms. The van der Waals surface area contributed by atoms with Gasteiger partial charge in [-0.05, 0) is 73.7 Å². The number of anilines is 3. The Bertz CT molecular complexity index is 656. The summed E-state index contributed by atoms with van der Waals surface area (Å²) in [6, 6.07) is 9.32. The van der Waals surface area contributed by atoms with E-state index in [2.05, 4.69) is 32.9 Å². The zero-order chi connectivity index (χ0) is 15.6. The van der Waals surface area contributed by atoms with E-state index >= 15 is 0 Å². The molecule has 1 heterocycles. The molecule has 0 saturated heterocycles. The van der Waals surface area contributed by atoms with Crippen molar-refractivity contribution in [2.24, 2.45) is 0 Å². The van der Waals surface area contributed by atoms with E-state index in [0.29, 0.717) is 22.4 Å². The molecule has 0 bridgehead atoms. The molecule has 0 radical (unpaired) electrons. The van der Waals surface area contributed by atoms with E-state index in [1.54, 1.807) is 12.1 Å². The molecule has 0 spiro atoms. The highest BCUT2D eigenvalue weighted by molar-refractivity contribution is 14.1. The summed E-state index contributed by atoms with van der Waals surface area (Å²) in [4.78, 5) is 4.40. The molecule has 2 aromatic rings. The van der Waals surface area contributed by atoms with Crippen LogP contribution >= 0.6 is 34.2 Å². The summed E-state index contributed by atoms with van der Waals surface area (Å²) in [6.45, 7) is 5.85. The Morgan fingerprint density at radius 3 is 2.57 bits per heavy atom. The average Bonchev–Trinajstić information content (AvgIpc) is 2.35. The van der Waals surface area contributed by atoms with Crippen molar-refractivity contribution in [3.8, 4) is 5.88 Å². The molecule has 0 atom stereocenters. The van der Waals surface area contributed by atoms with Crippen LogP contribution in [0.5, 0.6) is 5.88 Å². The van der Waals surface area contributed by atoms with Gasteiger partial charge in [0.2, 0.25) is 5.88 Å². The van der Waals surface area contributed by atoms with Gasteiger partial charge in [-0.1, -0.05) is 11.6 Å². The van der Waals surface area contributed by atoms with E-state index in [1.165, 1.54) is 0 Å². The molecule has 0 saturated carbocycles. The number of ether oxygens (including phenoxy) is 1. The number of halogens is 2. The van der Waals surface area contributed by atoms with Gasteiger partial charge >= 0.3 is 0 Å². The lowest BCUT2D eigenvalue weighted by Crippen LogP contribution is -2.24. The third kappa shape index (κ3) is 4.64. The van der Waals surface area contributed by atoms with Crippen LogP contribution in [0.1, 0.15) is 20.8 Å². The number of nitrogens with two attached hydrogens (primary N) is 1. The predicted octanol–water partition coefficient (Wildman–Crippen LogP) is 4.84. The molecule has 0 aliphatic heterocycles. The number of pyridine rings is 1. The standard InChI is InChI=1S/C15H17ClIN3O/c1-15(2,3)21-14-11(18)5-7-13(20-14)19-12-6-4-9(17)8-10(12)16/h4-8H,18H2,1-3H3,(H,19,20). The maximum Gasteiger partial charge on any atom is 0.239 e. The number of rotatable bonds is 3. The molecule has 6 heteroatoms. The molecular formula is C15H17ClIN3O. The molecule has 2 rings (SSSR count).